The average Bonchev–Trinajstić information content (AvgIpc) is 2.88. The van der Waals surface area contributed by atoms with Crippen LogP contribution in [0.4, 0.5) is 5.69 Å². The first kappa shape index (κ1) is 17.5. The van der Waals surface area contributed by atoms with Crippen molar-refractivity contribution in [3.05, 3.63) is 59.4 Å². The Morgan fingerprint density at radius 3 is 2.40 bits per heavy atom. The van der Waals surface area contributed by atoms with Crippen molar-refractivity contribution >= 4 is 26.7 Å². The topological polar surface area (TPSA) is 55.2 Å². The summed E-state index contributed by atoms with van der Waals surface area (Å²) in [6, 6.07) is 14.1. The number of rotatable bonds is 5. The average molecular weight is 357 g/mol. The number of aromatic nitrogens is 2. The minimum Gasteiger partial charge on any atom is -0.331 e. The summed E-state index contributed by atoms with van der Waals surface area (Å²) in [6.45, 7) is 2.08. The van der Waals surface area contributed by atoms with Crippen LogP contribution in [0.25, 0.3) is 11.0 Å². The third-order valence-corrected chi connectivity index (χ3v) is 5.78. The van der Waals surface area contributed by atoms with Crippen LogP contribution >= 0.6 is 0 Å². The second-order valence-corrected chi connectivity index (χ2v) is 8.49. The maximum atomic E-state index is 11.7. The molecular weight excluding hydrogens is 334 g/mol. The summed E-state index contributed by atoms with van der Waals surface area (Å²) < 4.78 is 26.8. The molecule has 0 saturated carbocycles. The molecule has 0 bridgehead atoms. The van der Waals surface area contributed by atoms with Gasteiger partial charge in [-0.05, 0) is 37.1 Å². The highest BCUT2D eigenvalue weighted by atomic mass is 32.2. The van der Waals surface area contributed by atoms with Crippen molar-refractivity contribution in [3.63, 3.8) is 0 Å². The van der Waals surface area contributed by atoms with E-state index < -0.39 is 10.0 Å². The summed E-state index contributed by atoms with van der Waals surface area (Å²) in [6.07, 6.45) is 2.96. The van der Waals surface area contributed by atoms with Crippen LogP contribution in [0.5, 0.6) is 0 Å². The van der Waals surface area contributed by atoms with Crippen molar-refractivity contribution in [3.8, 4) is 0 Å². The zero-order valence-electron chi connectivity index (χ0n) is 15.0. The number of benzene rings is 2. The molecule has 0 spiro atoms. The van der Waals surface area contributed by atoms with E-state index in [0.29, 0.717) is 5.69 Å². The van der Waals surface area contributed by atoms with Gasteiger partial charge in [0.25, 0.3) is 0 Å². The zero-order chi connectivity index (χ0) is 18.2. The van der Waals surface area contributed by atoms with Gasteiger partial charge in [0.1, 0.15) is 5.82 Å². The number of hydrogen-bond acceptors (Lipinski definition) is 3. The van der Waals surface area contributed by atoms with Crippen LogP contribution in [0.3, 0.4) is 0 Å². The molecule has 6 heteroatoms. The molecule has 1 heterocycles. The Morgan fingerprint density at radius 1 is 1.08 bits per heavy atom. The van der Waals surface area contributed by atoms with Crippen LogP contribution in [-0.2, 0) is 29.9 Å². The molecule has 3 aromatic rings. The molecule has 1 aromatic heterocycles. The molecule has 132 valence electrons. The third kappa shape index (κ3) is 3.69. The molecule has 0 fully saturated rings. The molecular formula is C19H23N3O2S. The molecule has 0 aliphatic rings. The number of hydrogen-bond donors (Lipinski definition) is 0. The molecule has 0 atom stereocenters. The molecule has 25 heavy (non-hydrogen) atoms. The van der Waals surface area contributed by atoms with Crippen molar-refractivity contribution in [2.45, 2.75) is 19.8 Å². The van der Waals surface area contributed by atoms with E-state index in [9.17, 15) is 8.42 Å². The van der Waals surface area contributed by atoms with Gasteiger partial charge in [0.15, 0.2) is 0 Å². The predicted octanol–water partition coefficient (Wildman–Crippen LogP) is 3.06. The van der Waals surface area contributed by atoms with Gasteiger partial charge >= 0.3 is 0 Å². The van der Waals surface area contributed by atoms with E-state index in [1.807, 2.05) is 25.2 Å². The van der Waals surface area contributed by atoms with E-state index in [0.717, 1.165) is 29.7 Å². The maximum absolute atomic E-state index is 11.7. The van der Waals surface area contributed by atoms with Gasteiger partial charge in [-0.25, -0.2) is 13.4 Å². The summed E-state index contributed by atoms with van der Waals surface area (Å²) in [7, 11) is 0.274. The molecule has 2 aromatic carbocycles. The predicted molar refractivity (Wildman–Crippen MR) is 103 cm³/mol. The molecule has 0 aliphatic heterocycles. The van der Waals surface area contributed by atoms with Gasteiger partial charge in [-0.3, -0.25) is 4.31 Å². The Kier molecular flexibility index (Phi) is 4.56. The minimum atomic E-state index is -3.28. The molecule has 0 aliphatic carbocycles. The van der Waals surface area contributed by atoms with E-state index in [4.69, 9.17) is 4.98 Å². The smallest absolute Gasteiger partial charge is 0.231 e. The lowest BCUT2D eigenvalue weighted by Gasteiger charge is -2.16. The number of imidazole rings is 1. The number of fused-ring (bicyclic) bond motifs is 1. The quantitative estimate of drug-likeness (QED) is 0.705. The van der Waals surface area contributed by atoms with Crippen LogP contribution in [0.15, 0.2) is 42.5 Å². The largest absolute Gasteiger partial charge is 0.331 e. The van der Waals surface area contributed by atoms with E-state index in [2.05, 4.69) is 35.8 Å². The molecule has 0 unspecified atom stereocenters. The standard InChI is InChI=1S/C19H23N3O2S/c1-14-5-7-15(8-6-14)9-12-19-20-17-13-16(22(3)25(4,23)24)10-11-18(17)21(19)2/h5-8,10-11,13H,9,12H2,1-4H3. The van der Waals surface area contributed by atoms with Gasteiger partial charge in [0, 0.05) is 20.5 Å². The number of sulfonamides is 1. The Balaban J connectivity index is 1.87. The van der Waals surface area contributed by atoms with Crippen molar-refractivity contribution in [2.75, 3.05) is 17.6 Å². The lowest BCUT2D eigenvalue weighted by Crippen LogP contribution is -2.24. The van der Waals surface area contributed by atoms with Gasteiger partial charge in [0.2, 0.25) is 10.0 Å². The number of nitrogens with zero attached hydrogens (tertiary/aromatic N) is 3. The normalized spacial score (nSPS) is 11.8. The number of aryl methyl sites for hydroxylation is 4. The first-order valence-corrected chi connectivity index (χ1v) is 10.1. The van der Waals surface area contributed by atoms with Gasteiger partial charge in [-0.2, -0.15) is 0 Å². The fraction of sp³-hybridized carbons (Fsp3) is 0.316. The highest BCUT2D eigenvalue weighted by Gasteiger charge is 2.14. The van der Waals surface area contributed by atoms with Gasteiger partial charge < -0.3 is 4.57 Å². The molecule has 5 nitrogen and oxygen atoms in total. The van der Waals surface area contributed by atoms with Gasteiger partial charge in [-0.1, -0.05) is 29.8 Å². The number of anilines is 1. The van der Waals surface area contributed by atoms with E-state index in [1.54, 1.807) is 7.05 Å². The maximum Gasteiger partial charge on any atom is 0.231 e. The highest BCUT2D eigenvalue weighted by Crippen LogP contribution is 2.23. The first-order valence-electron chi connectivity index (χ1n) is 8.20. The SMILES string of the molecule is Cc1ccc(CCc2nc3cc(N(C)S(C)(=O)=O)ccc3n2C)cc1. The van der Waals surface area contributed by atoms with Crippen molar-refractivity contribution in [1.82, 2.24) is 9.55 Å². The lowest BCUT2D eigenvalue weighted by atomic mass is 10.1. The summed E-state index contributed by atoms with van der Waals surface area (Å²) in [4.78, 5) is 4.71. The molecule has 0 amide bonds. The monoisotopic (exact) mass is 357 g/mol. The minimum absolute atomic E-state index is 0.623. The summed E-state index contributed by atoms with van der Waals surface area (Å²) >= 11 is 0. The van der Waals surface area contributed by atoms with Crippen LogP contribution in [0, 0.1) is 6.92 Å². The molecule has 0 saturated heterocycles. The summed E-state index contributed by atoms with van der Waals surface area (Å²) in [5.41, 5.74) is 4.99. The Labute approximate surface area is 149 Å². The molecule has 3 rings (SSSR count). The fourth-order valence-corrected chi connectivity index (χ4v) is 3.36. The van der Waals surface area contributed by atoms with E-state index >= 15 is 0 Å². The van der Waals surface area contributed by atoms with Crippen molar-refractivity contribution < 1.29 is 8.42 Å². The Bertz CT molecular complexity index is 1010. The molecule has 0 N–H and O–H groups in total. The second-order valence-electron chi connectivity index (χ2n) is 6.48. The van der Waals surface area contributed by atoms with E-state index in [-0.39, 0.29) is 0 Å². The van der Waals surface area contributed by atoms with Crippen molar-refractivity contribution in [1.29, 1.82) is 0 Å². The van der Waals surface area contributed by atoms with Crippen LogP contribution in [-0.4, -0.2) is 31.3 Å². The Hall–Kier alpha value is -2.34. The van der Waals surface area contributed by atoms with E-state index in [1.165, 1.54) is 21.7 Å². The highest BCUT2D eigenvalue weighted by molar-refractivity contribution is 7.92. The van der Waals surface area contributed by atoms with Crippen LogP contribution < -0.4 is 4.31 Å². The fourth-order valence-electron chi connectivity index (χ4n) is 2.86. The zero-order valence-corrected chi connectivity index (χ0v) is 15.8. The summed E-state index contributed by atoms with van der Waals surface area (Å²) in [5, 5.41) is 0. The first-order chi connectivity index (χ1) is 11.8. The van der Waals surface area contributed by atoms with Gasteiger partial charge in [0.05, 0.1) is 23.0 Å². The second kappa shape index (κ2) is 6.52. The molecule has 0 radical (unpaired) electrons. The Morgan fingerprint density at radius 2 is 1.76 bits per heavy atom. The third-order valence-electron chi connectivity index (χ3n) is 4.58. The summed E-state index contributed by atoms with van der Waals surface area (Å²) in [5.74, 6) is 0.995. The van der Waals surface area contributed by atoms with Crippen molar-refractivity contribution in [2.24, 2.45) is 7.05 Å². The lowest BCUT2D eigenvalue weighted by molar-refractivity contribution is 0.600. The van der Waals surface area contributed by atoms with Gasteiger partial charge in [-0.15, -0.1) is 0 Å². The van der Waals surface area contributed by atoms with Crippen LogP contribution in [0.2, 0.25) is 0 Å². The van der Waals surface area contributed by atoms with Crippen LogP contribution in [0.1, 0.15) is 17.0 Å².